The summed E-state index contributed by atoms with van der Waals surface area (Å²) in [6, 6.07) is -0.861. The van der Waals surface area contributed by atoms with E-state index in [2.05, 4.69) is 20.2 Å². The lowest BCUT2D eigenvalue weighted by molar-refractivity contribution is -0.137. The SMILES string of the molecule is CC(C)(C)CC(CC(=O)O)NC(=O)Nc1cnns1. The Kier molecular flexibility index (Phi) is 5.22. The molecule has 1 rings (SSSR count). The van der Waals surface area contributed by atoms with Crippen LogP contribution < -0.4 is 10.6 Å². The van der Waals surface area contributed by atoms with Crippen molar-refractivity contribution < 1.29 is 14.7 Å². The molecule has 0 bridgehead atoms. The summed E-state index contributed by atoms with van der Waals surface area (Å²) in [5, 5.41) is 18.2. The predicted octanol–water partition coefficient (Wildman–Crippen LogP) is 1.94. The van der Waals surface area contributed by atoms with Crippen LogP contribution in [0.3, 0.4) is 0 Å². The van der Waals surface area contributed by atoms with Gasteiger partial charge < -0.3 is 10.4 Å². The number of carboxylic acid groups (broad SMARTS) is 1. The van der Waals surface area contributed by atoms with Gasteiger partial charge in [0.15, 0.2) is 0 Å². The second kappa shape index (κ2) is 6.46. The van der Waals surface area contributed by atoms with Crippen LogP contribution in [0.5, 0.6) is 0 Å². The first-order valence-corrected chi connectivity index (χ1v) is 6.60. The van der Waals surface area contributed by atoms with Gasteiger partial charge in [0.25, 0.3) is 0 Å². The smallest absolute Gasteiger partial charge is 0.320 e. The lowest BCUT2D eigenvalue weighted by Gasteiger charge is -2.25. The molecule has 0 aliphatic heterocycles. The zero-order chi connectivity index (χ0) is 14.5. The highest BCUT2D eigenvalue weighted by Crippen LogP contribution is 2.22. The molecule has 19 heavy (non-hydrogen) atoms. The number of anilines is 1. The Hall–Kier alpha value is -1.70. The molecule has 0 radical (unpaired) electrons. The molecule has 0 aliphatic rings. The van der Waals surface area contributed by atoms with E-state index in [9.17, 15) is 9.59 Å². The van der Waals surface area contributed by atoms with Crippen LogP contribution >= 0.6 is 11.5 Å². The van der Waals surface area contributed by atoms with Gasteiger partial charge in [0.1, 0.15) is 5.00 Å². The number of amides is 2. The Morgan fingerprint density at radius 3 is 2.63 bits per heavy atom. The fourth-order valence-corrected chi connectivity index (χ4v) is 2.09. The fourth-order valence-electron chi connectivity index (χ4n) is 1.68. The van der Waals surface area contributed by atoms with Gasteiger partial charge in [-0.2, -0.15) is 0 Å². The summed E-state index contributed by atoms with van der Waals surface area (Å²) in [5.41, 5.74) is -0.0700. The molecular weight excluding hydrogens is 268 g/mol. The van der Waals surface area contributed by atoms with E-state index < -0.39 is 18.0 Å². The van der Waals surface area contributed by atoms with Gasteiger partial charge in [-0.15, -0.1) is 5.10 Å². The number of aliphatic carboxylic acids is 1. The van der Waals surface area contributed by atoms with Crippen molar-refractivity contribution in [1.82, 2.24) is 14.9 Å². The van der Waals surface area contributed by atoms with Gasteiger partial charge in [0.2, 0.25) is 0 Å². The number of hydrogen-bond donors (Lipinski definition) is 3. The molecule has 0 spiro atoms. The van der Waals surface area contributed by atoms with Gasteiger partial charge in [-0.3, -0.25) is 10.1 Å². The first kappa shape index (κ1) is 15.4. The highest BCUT2D eigenvalue weighted by atomic mass is 32.1. The number of carbonyl (C=O) groups excluding carboxylic acids is 1. The number of nitrogens with zero attached hydrogens (tertiary/aromatic N) is 2. The maximum absolute atomic E-state index is 11.7. The van der Waals surface area contributed by atoms with Crippen molar-refractivity contribution in [3.8, 4) is 0 Å². The topological polar surface area (TPSA) is 104 Å². The first-order chi connectivity index (χ1) is 8.76. The van der Waals surface area contributed by atoms with Crippen LogP contribution in [0.4, 0.5) is 9.80 Å². The maximum Gasteiger partial charge on any atom is 0.320 e. The molecule has 7 nitrogen and oxygen atoms in total. The van der Waals surface area contributed by atoms with Crippen molar-refractivity contribution >= 4 is 28.5 Å². The van der Waals surface area contributed by atoms with E-state index in [1.165, 1.54) is 6.20 Å². The van der Waals surface area contributed by atoms with Crippen LogP contribution in [0.25, 0.3) is 0 Å². The summed E-state index contributed by atoms with van der Waals surface area (Å²) in [6.45, 7) is 5.98. The van der Waals surface area contributed by atoms with Crippen LogP contribution in [0.15, 0.2) is 6.20 Å². The Balaban J connectivity index is 2.55. The van der Waals surface area contributed by atoms with E-state index in [1.54, 1.807) is 0 Å². The molecule has 3 N–H and O–H groups in total. The van der Waals surface area contributed by atoms with Crippen molar-refractivity contribution in [2.45, 2.75) is 39.7 Å². The Labute approximate surface area is 115 Å². The Bertz CT molecular complexity index is 428. The fraction of sp³-hybridized carbons (Fsp3) is 0.636. The standard InChI is InChI=1S/C11H18N4O3S/c1-11(2,3)5-7(4-9(16)17)13-10(18)14-8-6-12-15-19-8/h6-7H,4-5H2,1-3H3,(H,16,17)(H2,13,14,18). The summed E-state index contributed by atoms with van der Waals surface area (Å²) < 4.78 is 3.62. The number of nitrogens with one attached hydrogen (secondary N) is 2. The average Bonchev–Trinajstić information content (AvgIpc) is 2.65. The van der Waals surface area contributed by atoms with Crippen molar-refractivity contribution in [2.75, 3.05) is 5.32 Å². The molecule has 1 atom stereocenters. The molecular formula is C11H18N4O3S. The molecule has 0 aliphatic carbocycles. The highest BCUT2D eigenvalue weighted by molar-refractivity contribution is 7.10. The molecule has 2 amide bonds. The van der Waals surface area contributed by atoms with Crippen LogP contribution in [0.1, 0.15) is 33.6 Å². The minimum Gasteiger partial charge on any atom is -0.481 e. The number of hydrogen-bond acceptors (Lipinski definition) is 5. The number of carboxylic acids is 1. The summed E-state index contributed by atoms with van der Waals surface area (Å²) in [7, 11) is 0. The number of urea groups is 1. The normalized spacial score (nSPS) is 12.8. The third-order valence-electron chi connectivity index (χ3n) is 2.21. The van der Waals surface area contributed by atoms with E-state index >= 15 is 0 Å². The van der Waals surface area contributed by atoms with Gasteiger partial charge in [-0.1, -0.05) is 25.3 Å². The molecule has 0 aromatic carbocycles. The van der Waals surface area contributed by atoms with Crippen LogP contribution in [0.2, 0.25) is 0 Å². The second-order valence-electron chi connectivity index (χ2n) is 5.44. The quantitative estimate of drug-likeness (QED) is 0.767. The van der Waals surface area contributed by atoms with Gasteiger partial charge in [0, 0.05) is 17.6 Å². The highest BCUT2D eigenvalue weighted by Gasteiger charge is 2.22. The molecule has 1 aromatic rings. The van der Waals surface area contributed by atoms with E-state index in [0.717, 1.165) is 11.5 Å². The summed E-state index contributed by atoms with van der Waals surface area (Å²) in [6.07, 6.45) is 1.90. The average molecular weight is 286 g/mol. The number of aromatic nitrogens is 2. The van der Waals surface area contributed by atoms with Gasteiger partial charge >= 0.3 is 12.0 Å². The molecule has 1 aromatic heterocycles. The molecule has 1 unspecified atom stereocenters. The molecule has 8 heteroatoms. The molecule has 106 valence electrons. The van der Waals surface area contributed by atoms with Gasteiger partial charge in [-0.05, 0) is 11.8 Å². The van der Waals surface area contributed by atoms with Crippen LogP contribution in [0, 0.1) is 5.41 Å². The third-order valence-corrected chi connectivity index (χ3v) is 2.79. The van der Waals surface area contributed by atoms with E-state index in [0.29, 0.717) is 11.4 Å². The van der Waals surface area contributed by atoms with E-state index in [-0.39, 0.29) is 11.8 Å². The summed E-state index contributed by atoms with van der Waals surface area (Å²) in [4.78, 5) is 22.5. The van der Waals surface area contributed by atoms with Crippen molar-refractivity contribution in [2.24, 2.45) is 5.41 Å². The Morgan fingerprint density at radius 2 is 2.16 bits per heavy atom. The minimum absolute atomic E-state index is 0.0700. The molecule has 0 saturated heterocycles. The van der Waals surface area contributed by atoms with Gasteiger partial charge in [-0.25, -0.2) is 4.79 Å². The summed E-state index contributed by atoms with van der Waals surface area (Å²) in [5.74, 6) is -0.936. The third kappa shape index (κ3) is 6.70. The van der Waals surface area contributed by atoms with Gasteiger partial charge in [0.05, 0.1) is 12.6 Å². The van der Waals surface area contributed by atoms with Crippen molar-refractivity contribution in [3.63, 3.8) is 0 Å². The van der Waals surface area contributed by atoms with E-state index in [1.807, 2.05) is 20.8 Å². The maximum atomic E-state index is 11.7. The van der Waals surface area contributed by atoms with Crippen LogP contribution in [-0.2, 0) is 4.79 Å². The molecule has 0 saturated carbocycles. The predicted molar refractivity (Wildman–Crippen MR) is 72.2 cm³/mol. The van der Waals surface area contributed by atoms with E-state index in [4.69, 9.17) is 5.11 Å². The molecule has 1 heterocycles. The zero-order valence-corrected chi connectivity index (χ0v) is 12.0. The largest absolute Gasteiger partial charge is 0.481 e. The second-order valence-corrected chi connectivity index (χ2v) is 6.23. The lowest BCUT2D eigenvalue weighted by atomic mass is 9.87. The van der Waals surface area contributed by atoms with Crippen molar-refractivity contribution in [3.05, 3.63) is 6.20 Å². The first-order valence-electron chi connectivity index (χ1n) is 5.83. The summed E-state index contributed by atoms with van der Waals surface area (Å²) >= 11 is 1.06. The monoisotopic (exact) mass is 286 g/mol. The zero-order valence-electron chi connectivity index (χ0n) is 11.1. The van der Waals surface area contributed by atoms with Crippen LogP contribution in [-0.4, -0.2) is 32.7 Å². The number of carbonyl (C=O) groups is 2. The Morgan fingerprint density at radius 1 is 1.47 bits per heavy atom. The lowest BCUT2D eigenvalue weighted by Crippen LogP contribution is -2.41. The minimum atomic E-state index is -0.936. The molecule has 0 fully saturated rings. The number of rotatable bonds is 5. The van der Waals surface area contributed by atoms with Crippen molar-refractivity contribution in [1.29, 1.82) is 0 Å².